The van der Waals surface area contributed by atoms with Crippen LogP contribution in [0.3, 0.4) is 0 Å². The van der Waals surface area contributed by atoms with Crippen molar-refractivity contribution >= 4 is 17.4 Å². The minimum Gasteiger partial charge on any atom is -0.384 e. The molecule has 0 atom stereocenters. The summed E-state index contributed by atoms with van der Waals surface area (Å²) in [4.78, 5) is 23.9. The predicted octanol–water partition coefficient (Wildman–Crippen LogP) is -0.208. The van der Waals surface area contributed by atoms with Crippen molar-refractivity contribution in [2.45, 2.75) is 13.5 Å². The van der Waals surface area contributed by atoms with Gasteiger partial charge in [-0.3, -0.25) is 14.3 Å². The maximum atomic E-state index is 11.0. The highest BCUT2D eigenvalue weighted by Gasteiger charge is 2.07. The lowest BCUT2D eigenvalue weighted by Crippen LogP contribution is -2.31. The van der Waals surface area contributed by atoms with Gasteiger partial charge < -0.3 is 5.73 Å². The Hall–Kier alpha value is -1.23. The number of nitrogen functional groups attached to an aromatic ring is 1. The van der Waals surface area contributed by atoms with Gasteiger partial charge in [0.05, 0.1) is 0 Å². The molecular formula is C6H8ClN3O2. The fraction of sp³-hybridized carbons (Fsp3) is 0.333. The zero-order valence-electron chi connectivity index (χ0n) is 6.43. The highest BCUT2D eigenvalue weighted by atomic mass is 35.5. The molecule has 0 aliphatic heterocycles. The van der Waals surface area contributed by atoms with Crippen molar-refractivity contribution < 1.29 is 0 Å². The molecule has 0 fully saturated rings. The Labute approximate surface area is 72.8 Å². The van der Waals surface area contributed by atoms with Gasteiger partial charge in [0.1, 0.15) is 10.8 Å². The average Bonchev–Trinajstić information content (AvgIpc) is 2.01. The number of halogens is 1. The maximum absolute atomic E-state index is 11.0. The number of anilines is 1. The van der Waals surface area contributed by atoms with Gasteiger partial charge in [-0.25, -0.2) is 4.79 Å². The third kappa shape index (κ3) is 1.23. The Morgan fingerprint density at radius 1 is 1.58 bits per heavy atom. The van der Waals surface area contributed by atoms with Crippen LogP contribution in [0.25, 0.3) is 0 Å². The molecule has 0 aromatic carbocycles. The van der Waals surface area contributed by atoms with Crippen molar-refractivity contribution in [1.82, 2.24) is 9.55 Å². The number of H-pyrrole nitrogens is 1. The van der Waals surface area contributed by atoms with E-state index in [2.05, 4.69) is 0 Å². The second kappa shape index (κ2) is 3.02. The molecule has 0 aliphatic carbocycles. The molecule has 1 heterocycles. The molecule has 0 saturated carbocycles. The SMILES string of the molecule is CCn1c(N)c(Cl)c(=O)[nH]c1=O. The fourth-order valence-corrected chi connectivity index (χ4v) is 1.03. The van der Waals surface area contributed by atoms with Crippen LogP contribution in [0.15, 0.2) is 9.59 Å². The summed E-state index contributed by atoms with van der Waals surface area (Å²) in [5, 5.41) is -0.142. The molecule has 0 radical (unpaired) electrons. The lowest BCUT2D eigenvalue weighted by atomic mass is 10.5. The highest BCUT2D eigenvalue weighted by Crippen LogP contribution is 2.08. The first-order valence-electron chi connectivity index (χ1n) is 3.36. The van der Waals surface area contributed by atoms with Crippen LogP contribution in [0, 0.1) is 0 Å². The summed E-state index contributed by atoms with van der Waals surface area (Å²) in [6.45, 7) is 2.10. The van der Waals surface area contributed by atoms with Gasteiger partial charge in [0.25, 0.3) is 5.56 Å². The molecule has 1 rings (SSSR count). The van der Waals surface area contributed by atoms with E-state index in [-0.39, 0.29) is 10.8 Å². The first-order valence-corrected chi connectivity index (χ1v) is 3.73. The summed E-state index contributed by atoms with van der Waals surface area (Å²) in [6, 6.07) is 0. The number of hydrogen-bond donors (Lipinski definition) is 2. The van der Waals surface area contributed by atoms with Gasteiger partial charge in [0.2, 0.25) is 0 Å². The smallest absolute Gasteiger partial charge is 0.329 e. The van der Waals surface area contributed by atoms with Gasteiger partial charge in [-0.05, 0) is 6.92 Å². The van der Waals surface area contributed by atoms with E-state index < -0.39 is 11.2 Å². The number of rotatable bonds is 1. The number of aromatic amines is 1. The lowest BCUT2D eigenvalue weighted by Gasteiger charge is -2.05. The van der Waals surface area contributed by atoms with E-state index in [0.29, 0.717) is 6.54 Å². The minimum atomic E-state index is -0.649. The predicted molar refractivity (Wildman–Crippen MR) is 46.4 cm³/mol. The van der Waals surface area contributed by atoms with Crippen molar-refractivity contribution in [2.75, 3.05) is 5.73 Å². The third-order valence-electron chi connectivity index (χ3n) is 1.50. The normalized spacial score (nSPS) is 10.2. The van der Waals surface area contributed by atoms with E-state index in [1.807, 2.05) is 4.98 Å². The zero-order chi connectivity index (χ0) is 9.30. The van der Waals surface area contributed by atoms with Crippen molar-refractivity contribution in [3.63, 3.8) is 0 Å². The molecule has 6 heteroatoms. The second-order valence-corrected chi connectivity index (χ2v) is 2.58. The van der Waals surface area contributed by atoms with E-state index in [0.717, 1.165) is 0 Å². The van der Waals surface area contributed by atoms with E-state index in [1.54, 1.807) is 6.92 Å². The minimum absolute atomic E-state index is 0.00733. The standard InChI is InChI=1S/C6H8ClN3O2/c1-2-10-4(8)3(7)5(11)9-6(10)12/h2,8H2,1H3,(H,9,11,12). The topological polar surface area (TPSA) is 80.9 Å². The largest absolute Gasteiger partial charge is 0.384 e. The Kier molecular flexibility index (Phi) is 2.23. The van der Waals surface area contributed by atoms with Gasteiger partial charge in [-0.2, -0.15) is 0 Å². The van der Waals surface area contributed by atoms with Crippen LogP contribution in [0.4, 0.5) is 5.82 Å². The van der Waals surface area contributed by atoms with Gasteiger partial charge >= 0.3 is 5.69 Å². The third-order valence-corrected chi connectivity index (χ3v) is 1.86. The Balaban J connectivity index is 3.63. The summed E-state index contributed by atoms with van der Waals surface area (Å²) < 4.78 is 1.18. The number of nitrogens with one attached hydrogen (secondary N) is 1. The van der Waals surface area contributed by atoms with Crippen molar-refractivity contribution in [3.8, 4) is 0 Å². The second-order valence-electron chi connectivity index (χ2n) is 2.20. The molecule has 0 unspecified atom stereocenters. The van der Waals surface area contributed by atoms with Crippen LogP contribution < -0.4 is 17.0 Å². The van der Waals surface area contributed by atoms with Crippen LogP contribution >= 0.6 is 11.6 Å². The summed E-state index contributed by atoms with van der Waals surface area (Å²) >= 11 is 5.51. The number of hydrogen-bond acceptors (Lipinski definition) is 3. The molecule has 12 heavy (non-hydrogen) atoms. The summed E-state index contributed by atoms with van der Waals surface area (Å²) in [5.41, 5.74) is 4.22. The van der Waals surface area contributed by atoms with Crippen molar-refractivity contribution in [1.29, 1.82) is 0 Å². The van der Waals surface area contributed by atoms with Crippen LogP contribution in [-0.4, -0.2) is 9.55 Å². The molecule has 0 aliphatic rings. The van der Waals surface area contributed by atoms with Crippen molar-refractivity contribution in [3.05, 3.63) is 25.9 Å². The van der Waals surface area contributed by atoms with Crippen LogP contribution in [-0.2, 0) is 6.54 Å². The van der Waals surface area contributed by atoms with Crippen LogP contribution in [0.2, 0.25) is 5.02 Å². The Morgan fingerprint density at radius 2 is 2.17 bits per heavy atom. The monoisotopic (exact) mass is 189 g/mol. The molecular weight excluding hydrogens is 182 g/mol. The molecule has 1 aromatic heterocycles. The lowest BCUT2D eigenvalue weighted by molar-refractivity contribution is 0.705. The molecule has 66 valence electrons. The van der Waals surface area contributed by atoms with Gasteiger partial charge in [-0.15, -0.1) is 0 Å². The van der Waals surface area contributed by atoms with Crippen molar-refractivity contribution in [2.24, 2.45) is 0 Å². The molecule has 3 N–H and O–H groups in total. The van der Waals surface area contributed by atoms with Gasteiger partial charge in [-0.1, -0.05) is 11.6 Å². The van der Waals surface area contributed by atoms with Gasteiger partial charge in [0, 0.05) is 6.54 Å². The van der Waals surface area contributed by atoms with Crippen LogP contribution in [0.5, 0.6) is 0 Å². The molecule has 0 spiro atoms. The quantitative estimate of drug-likeness (QED) is 0.642. The van der Waals surface area contributed by atoms with E-state index in [1.165, 1.54) is 4.57 Å². The van der Waals surface area contributed by atoms with E-state index >= 15 is 0 Å². The fourth-order valence-electron chi connectivity index (χ4n) is 0.878. The summed E-state index contributed by atoms with van der Waals surface area (Å²) in [7, 11) is 0. The number of aromatic nitrogens is 2. The Bertz CT molecular complexity index is 406. The number of nitrogens with two attached hydrogens (primary N) is 1. The maximum Gasteiger partial charge on any atom is 0.329 e. The molecule has 0 bridgehead atoms. The zero-order valence-corrected chi connectivity index (χ0v) is 7.18. The summed E-state index contributed by atoms with van der Waals surface area (Å²) in [6.07, 6.45) is 0. The van der Waals surface area contributed by atoms with E-state index in [4.69, 9.17) is 17.3 Å². The van der Waals surface area contributed by atoms with E-state index in [9.17, 15) is 9.59 Å². The van der Waals surface area contributed by atoms with Gasteiger partial charge in [0.15, 0.2) is 0 Å². The molecule has 0 saturated heterocycles. The Morgan fingerprint density at radius 3 is 2.67 bits per heavy atom. The first kappa shape index (κ1) is 8.86. The molecule has 1 aromatic rings. The molecule has 0 amide bonds. The number of nitrogens with zero attached hydrogens (tertiary/aromatic N) is 1. The first-order chi connectivity index (χ1) is 5.57. The molecule has 5 nitrogen and oxygen atoms in total. The highest BCUT2D eigenvalue weighted by molar-refractivity contribution is 6.32. The van der Waals surface area contributed by atoms with Crippen LogP contribution in [0.1, 0.15) is 6.92 Å². The average molecular weight is 190 g/mol. The summed E-state index contributed by atoms with van der Waals surface area (Å²) in [5.74, 6) is 0.00733.